The molecule has 2 atom stereocenters. The van der Waals surface area contributed by atoms with Crippen molar-refractivity contribution in [2.24, 2.45) is 17.8 Å². The van der Waals surface area contributed by atoms with Crippen LogP contribution in [0.2, 0.25) is 0 Å². The molecular formula is C22H39N2O+. The summed E-state index contributed by atoms with van der Waals surface area (Å²) in [7, 11) is 4.18. The number of rotatable bonds is 8. The fraction of sp³-hybridized carbons (Fsp3) is 0.727. The molecule has 2 rings (SSSR count). The molecule has 0 saturated carbocycles. The maximum absolute atomic E-state index is 5.92. The SMILES string of the molecule is CC(C)[C@@H](CC[NH2+]Cc1ccc(N(C)C)cc1)[C@H]1CCOC(C)(C)C1. The number of hydrogen-bond donors (Lipinski definition) is 1. The van der Waals surface area contributed by atoms with Crippen molar-refractivity contribution in [2.45, 2.75) is 59.1 Å². The van der Waals surface area contributed by atoms with Crippen molar-refractivity contribution in [3.63, 3.8) is 0 Å². The molecule has 142 valence electrons. The van der Waals surface area contributed by atoms with Gasteiger partial charge in [0.25, 0.3) is 0 Å². The van der Waals surface area contributed by atoms with Crippen molar-refractivity contribution in [3.05, 3.63) is 29.8 Å². The molecule has 0 aliphatic carbocycles. The van der Waals surface area contributed by atoms with Crippen molar-refractivity contribution in [3.8, 4) is 0 Å². The molecule has 1 aromatic carbocycles. The van der Waals surface area contributed by atoms with E-state index in [0.717, 1.165) is 30.9 Å². The monoisotopic (exact) mass is 347 g/mol. The average Bonchev–Trinajstić information content (AvgIpc) is 2.53. The predicted molar refractivity (Wildman–Crippen MR) is 107 cm³/mol. The van der Waals surface area contributed by atoms with E-state index < -0.39 is 0 Å². The van der Waals surface area contributed by atoms with E-state index in [1.54, 1.807) is 0 Å². The molecule has 2 N–H and O–H groups in total. The van der Waals surface area contributed by atoms with Gasteiger partial charge in [0.15, 0.2) is 0 Å². The normalized spacial score (nSPS) is 21.3. The lowest BCUT2D eigenvalue weighted by Gasteiger charge is -2.40. The smallest absolute Gasteiger partial charge is 0.101 e. The Kier molecular flexibility index (Phi) is 7.33. The Hall–Kier alpha value is -1.06. The highest BCUT2D eigenvalue weighted by molar-refractivity contribution is 5.45. The first-order chi connectivity index (χ1) is 11.8. The lowest BCUT2D eigenvalue weighted by Crippen LogP contribution is -2.82. The van der Waals surface area contributed by atoms with E-state index in [0.29, 0.717) is 0 Å². The van der Waals surface area contributed by atoms with Gasteiger partial charge in [0.2, 0.25) is 0 Å². The standard InChI is InChI=1S/C22H38N2O/c1-17(2)21(19-12-14-25-22(3,4)15-19)11-13-23-16-18-7-9-20(10-8-18)24(5)6/h7-10,17,19,21,23H,11-16H2,1-6H3/p+1/t19-,21+/m0/s1. The van der Waals surface area contributed by atoms with Gasteiger partial charge < -0.3 is 15.0 Å². The lowest BCUT2D eigenvalue weighted by molar-refractivity contribution is -0.671. The van der Waals surface area contributed by atoms with Crippen LogP contribution in [-0.4, -0.2) is 32.8 Å². The van der Waals surface area contributed by atoms with Gasteiger partial charge in [-0.05, 0) is 63.0 Å². The van der Waals surface area contributed by atoms with Gasteiger partial charge in [0.05, 0.1) is 12.1 Å². The summed E-state index contributed by atoms with van der Waals surface area (Å²) in [6.07, 6.45) is 3.76. The Labute approximate surface area is 155 Å². The first-order valence-corrected chi connectivity index (χ1v) is 10.0. The largest absolute Gasteiger partial charge is 0.378 e. The molecule has 1 fully saturated rings. The summed E-state index contributed by atoms with van der Waals surface area (Å²) in [4.78, 5) is 2.15. The maximum atomic E-state index is 5.92. The van der Waals surface area contributed by atoms with E-state index in [-0.39, 0.29) is 5.60 Å². The minimum atomic E-state index is 0.0634. The molecule has 1 aliphatic heterocycles. The van der Waals surface area contributed by atoms with E-state index >= 15 is 0 Å². The van der Waals surface area contributed by atoms with Gasteiger partial charge in [-0.15, -0.1) is 0 Å². The third kappa shape index (κ3) is 6.31. The molecule has 1 saturated heterocycles. The number of quaternary nitrogens is 1. The van der Waals surface area contributed by atoms with Gasteiger partial charge in [-0.3, -0.25) is 0 Å². The molecule has 1 aliphatic rings. The first-order valence-electron chi connectivity index (χ1n) is 10.0. The zero-order chi connectivity index (χ0) is 18.4. The summed E-state index contributed by atoms with van der Waals surface area (Å²) in [6, 6.07) is 8.94. The lowest BCUT2D eigenvalue weighted by atomic mass is 9.73. The van der Waals surface area contributed by atoms with Crippen LogP contribution in [0.1, 0.15) is 52.5 Å². The zero-order valence-corrected chi connectivity index (χ0v) is 17.2. The summed E-state index contributed by atoms with van der Waals surface area (Å²) < 4.78 is 5.92. The second-order valence-corrected chi connectivity index (χ2v) is 8.90. The van der Waals surface area contributed by atoms with Gasteiger partial charge in [-0.1, -0.05) is 26.0 Å². The summed E-state index contributed by atoms with van der Waals surface area (Å²) in [6.45, 7) is 12.5. The minimum absolute atomic E-state index is 0.0634. The minimum Gasteiger partial charge on any atom is -0.378 e. The highest BCUT2D eigenvalue weighted by Gasteiger charge is 2.34. The summed E-state index contributed by atoms with van der Waals surface area (Å²) in [5.74, 6) is 2.39. The first kappa shape index (κ1) is 20.3. The van der Waals surface area contributed by atoms with Crippen LogP contribution < -0.4 is 10.2 Å². The Morgan fingerprint density at radius 1 is 1.20 bits per heavy atom. The average molecular weight is 348 g/mol. The second-order valence-electron chi connectivity index (χ2n) is 8.90. The summed E-state index contributed by atoms with van der Waals surface area (Å²) >= 11 is 0. The van der Waals surface area contributed by atoms with Crippen molar-refractivity contribution >= 4 is 5.69 Å². The Bertz CT molecular complexity index is 507. The molecule has 1 heterocycles. The quantitative estimate of drug-likeness (QED) is 0.727. The Balaban J connectivity index is 1.79. The fourth-order valence-corrected chi connectivity index (χ4v) is 4.27. The molecule has 0 spiro atoms. The fourth-order valence-electron chi connectivity index (χ4n) is 4.27. The van der Waals surface area contributed by atoms with E-state index in [1.807, 2.05) is 0 Å². The van der Waals surface area contributed by atoms with Crippen molar-refractivity contribution < 1.29 is 10.1 Å². The van der Waals surface area contributed by atoms with Crippen molar-refractivity contribution in [2.75, 3.05) is 32.1 Å². The third-order valence-electron chi connectivity index (χ3n) is 5.73. The van der Waals surface area contributed by atoms with Crippen LogP contribution >= 0.6 is 0 Å². The zero-order valence-electron chi connectivity index (χ0n) is 17.2. The number of anilines is 1. The van der Waals surface area contributed by atoms with Crippen LogP contribution in [0.5, 0.6) is 0 Å². The maximum Gasteiger partial charge on any atom is 0.101 e. The highest BCUT2D eigenvalue weighted by Crippen LogP contribution is 2.37. The number of hydrogen-bond acceptors (Lipinski definition) is 2. The third-order valence-corrected chi connectivity index (χ3v) is 5.73. The number of nitrogens with zero attached hydrogens (tertiary/aromatic N) is 1. The summed E-state index contributed by atoms with van der Waals surface area (Å²) in [5.41, 5.74) is 2.75. The van der Waals surface area contributed by atoms with E-state index in [4.69, 9.17) is 4.74 Å². The molecule has 0 bridgehead atoms. The molecule has 0 aromatic heterocycles. The van der Waals surface area contributed by atoms with Crippen molar-refractivity contribution in [1.82, 2.24) is 0 Å². The van der Waals surface area contributed by atoms with Gasteiger partial charge in [-0.25, -0.2) is 0 Å². The van der Waals surface area contributed by atoms with Gasteiger partial charge in [0.1, 0.15) is 6.54 Å². The predicted octanol–water partition coefficient (Wildman–Crippen LogP) is 3.68. The highest BCUT2D eigenvalue weighted by atomic mass is 16.5. The molecular weight excluding hydrogens is 308 g/mol. The molecule has 25 heavy (non-hydrogen) atoms. The molecule has 3 heteroatoms. The molecule has 0 unspecified atom stereocenters. The van der Waals surface area contributed by atoms with Crippen LogP contribution in [0.4, 0.5) is 5.69 Å². The molecule has 1 aromatic rings. The van der Waals surface area contributed by atoms with Crippen LogP contribution in [0.15, 0.2) is 24.3 Å². The van der Waals surface area contributed by atoms with Gasteiger partial charge in [-0.2, -0.15) is 0 Å². The Morgan fingerprint density at radius 2 is 1.88 bits per heavy atom. The summed E-state index contributed by atoms with van der Waals surface area (Å²) in [5, 5.41) is 2.48. The van der Waals surface area contributed by atoms with Crippen LogP contribution in [0, 0.1) is 17.8 Å². The number of nitrogens with two attached hydrogens (primary N) is 1. The topological polar surface area (TPSA) is 29.1 Å². The van der Waals surface area contributed by atoms with E-state index in [1.165, 1.54) is 37.1 Å². The molecule has 0 amide bonds. The van der Waals surface area contributed by atoms with E-state index in [2.05, 4.69) is 76.3 Å². The van der Waals surface area contributed by atoms with Crippen LogP contribution in [0.25, 0.3) is 0 Å². The van der Waals surface area contributed by atoms with Gasteiger partial charge in [0, 0.05) is 32.0 Å². The van der Waals surface area contributed by atoms with E-state index in [9.17, 15) is 0 Å². The number of benzene rings is 1. The molecule has 3 nitrogen and oxygen atoms in total. The second kappa shape index (κ2) is 9.05. The van der Waals surface area contributed by atoms with Crippen molar-refractivity contribution in [1.29, 1.82) is 0 Å². The van der Waals surface area contributed by atoms with Crippen LogP contribution in [-0.2, 0) is 11.3 Å². The number of ether oxygens (including phenoxy) is 1. The van der Waals surface area contributed by atoms with Crippen LogP contribution in [0.3, 0.4) is 0 Å². The molecule has 0 radical (unpaired) electrons. The van der Waals surface area contributed by atoms with Gasteiger partial charge >= 0.3 is 0 Å². The Morgan fingerprint density at radius 3 is 2.44 bits per heavy atom.